The molecule has 0 aromatic heterocycles. The van der Waals surface area contributed by atoms with Crippen molar-refractivity contribution in [2.75, 3.05) is 13.0 Å². The molecule has 0 radical (unpaired) electrons. The van der Waals surface area contributed by atoms with Crippen molar-refractivity contribution in [2.45, 2.75) is 43.6 Å². The van der Waals surface area contributed by atoms with E-state index in [0.29, 0.717) is 0 Å². The maximum atomic E-state index is 15.2. The Hall–Kier alpha value is -1.07. The third kappa shape index (κ3) is 3.08. The Morgan fingerprint density at radius 1 is 1.25 bits per heavy atom. The summed E-state index contributed by atoms with van der Waals surface area (Å²) in [6.07, 6.45) is -4.52. The standard InChI is InChI=1S/C18H21ClF4O/c1-12(2)14-9-15(13-7-5-4-6-8-13)16(11-19,24-3)10-17(14,20)18(21,22)23/h4-9,12,15H,10-11H2,1-3H3. The number of benzene rings is 1. The van der Waals surface area contributed by atoms with Crippen LogP contribution in [-0.4, -0.2) is 30.4 Å². The lowest BCUT2D eigenvalue weighted by atomic mass is 9.66. The normalized spacial score (nSPS) is 31.2. The lowest BCUT2D eigenvalue weighted by molar-refractivity contribution is -0.238. The molecule has 1 aliphatic rings. The number of ether oxygens (including phenoxy) is 1. The summed E-state index contributed by atoms with van der Waals surface area (Å²) in [4.78, 5) is 0. The van der Waals surface area contributed by atoms with Crippen LogP contribution in [0.2, 0.25) is 0 Å². The van der Waals surface area contributed by atoms with E-state index < -0.39 is 35.7 Å². The first kappa shape index (κ1) is 19.3. The fourth-order valence-corrected chi connectivity index (χ4v) is 3.82. The van der Waals surface area contributed by atoms with Crippen LogP contribution in [0, 0.1) is 5.92 Å². The smallest absolute Gasteiger partial charge is 0.376 e. The van der Waals surface area contributed by atoms with Gasteiger partial charge in [-0.25, -0.2) is 4.39 Å². The maximum absolute atomic E-state index is 15.2. The van der Waals surface area contributed by atoms with Crippen molar-refractivity contribution in [1.82, 2.24) is 0 Å². The van der Waals surface area contributed by atoms with Crippen LogP contribution in [0.3, 0.4) is 0 Å². The zero-order chi connectivity index (χ0) is 18.2. The SMILES string of the molecule is COC1(CCl)CC(F)(C(F)(F)F)C(C(C)C)=CC1c1ccccc1. The van der Waals surface area contributed by atoms with E-state index in [-0.39, 0.29) is 11.5 Å². The van der Waals surface area contributed by atoms with Crippen molar-refractivity contribution in [3.8, 4) is 0 Å². The van der Waals surface area contributed by atoms with Gasteiger partial charge >= 0.3 is 6.18 Å². The molecule has 0 heterocycles. The highest BCUT2D eigenvalue weighted by Crippen LogP contribution is 2.55. The number of rotatable bonds is 4. The van der Waals surface area contributed by atoms with Crippen molar-refractivity contribution < 1.29 is 22.3 Å². The molecule has 0 spiro atoms. The molecule has 134 valence electrons. The van der Waals surface area contributed by atoms with Crippen LogP contribution in [-0.2, 0) is 4.74 Å². The minimum absolute atomic E-state index is 0.243. The highest BCUT2D eigenvalue weighted by Gasteiger charge is 2.65. The molecule has 0 aliphatic heterocycles. The number of hydrogen-bond donors (Lipinski definition) is 0. The third-order valence-corrected chi connectivity index (χ3v) is 5.23. The molecule has 1 nitrogen and oxygen atoms in total. The summed E-state index contributed by atoms with van der Waals surface area (Å²) in [6.45, 7) is 3.13. The van der Waals surface area contributed by atoms with Gasteiger partial charge in [-0.15, -0.1) is 11.6 Å². The van der Waals surface area contributed by atoms with Gasteiger partial charge in [0.15, 0.2) is 0 Å². The summed E-state index contributed by atoms with van der Waals surface area (Å²) in [7, 11) is 1.28. The molecule has 1 aromatic rings. The van der Waals surface area contributed by atoms with Gasteiger partial charge in [0.05, 0.1) is 11.5 Å². The van der Waals surface area contributed by atoms with Gasteiger partial charge in [-0.2, -0.15) is 13.2 Å². The molecular weight excluding hydrogens is 344 g/mol. The van der Waals surface area contributed by atoms with Gasteiger partial charge < -0.3 is 4.74 Å². The molecule has 0 saturated carbocycles. The molecular formula is C18H21ClF4O. The van der Waals surface area contributed by atoms with Crippen molar-refractivity contribution in [1.29, 1.82) is 0 Å². The maximum Gasteiger partial charge on any atom is 0.426 e. The molecule has 3 atom stereocenters. The van der Waals surface area contributed by atoms with E-state index in [4.69, 9.17) is 16.3 Å². The number of hydrogen-bond acceptors (Lipinski definition) is 1. The number of halogens is 5. The van der Waals surface area contributed by atoms with Crippen molar-refractivity contribution in [2.24, 2.45) is 5.92 Å². The Balaban J connectivity index is 2.69. The summed E-state index contributed by atoms with van der Waals surface area (Å²) in [5.74, 6) is -1.38. The van der Waals surface area contributed by atoms with Gasteiger partial charge in [0.25, 0.3) is 0 Å². The van der Waals surface area contributed by atoms with E-state index in [1.165, 1.54) is 13.2 Å². The van der Waals surface area contributed by atoms with Gasteiger partial charge in [0.2, 0.25) is 5.67 Å². The molecule has 1 aliphatic carbocycles. The van der Waals surface area contributed by atoms with Crippen LogP contribution in [0.25, 0.3) is 0 Å². The van der Waals surface area contributed by atoms with Crippen molar-refractivity contribution in [3.05, 3.63) is 47.5 Å². The molecule has 0 saturated heterocycles. The van der Waals surface area contributed by atoms with Crippen molar-refractivity contribution >= 4 is 11.6 Å². The van der Waals surface area contributed by atoms with Crippen LogP contribution >= 0.6 is 11.6 Å². The van der Waals surface area contributed by atoms with Crippen LogP contribution < -0.4 is 0 Å². The molecule has 3 unspecified atom stereocenters. The summed E-state index contributed by atoms with van der Waals surface area (Å²) < 4.78 is 61.3. The number of alkyl halides is 5. The molecule has 1 aromatic carbocycles. The highest BCUT2D eigenvalue weighted by molar-refractivity contribution is 6.18. The fraction of sp³-hybridized carbons (Fsp3) is 0.556. The second kappa shape index (κ2) is 6.68. The summed E-state index contributed by atoms with van der Waals surface area (Å²) in [5, 5.41) is 0. The minimum Gasteiger partial charge on any atom is -0.376 e. The number of allylic oxidation sites excluding steroid dienone is 1. The lowest BCUT2D eigenvalue weighted by Crippen LogP contribution is -2.56. The molecule has 6 heteroatoms. The second-order valence-electron chi connectivity index (χ2n) is 6.54. The van der Waals surface area contributed by atoms with Crippen LogP contribution in [0.4, 0.5) is 17.6 Å². The zero-order valence-electron chi connectivity index (χ0n) is 13.8. The summed E-state index contributed by atoms with van der Waals surface area (Å²) in [6, 6.07) is 8.96. The Morgan fingerprint density at radius 2 is 1.83 bits per heavy atom. The lowest BCUT2D eigenvalue weighted by Gasteiger charge is -2.48. The van der Waals surface area contributed by atoms with E-state index in [1.54, 1.807) is 38.1 Å². The Kier molecular flexibility index (Phi) is 5.36. The first-order chi connectivity index (χ1) is 11.1. The predicted molar refractivity (Wildman–Crippen MR) is 87.1 cm³/mol. The third-order valence-electron chi connectivity index (χ3n) is 4.78. The van der Waals surface area contributed by atoms with E-state index in [9.17, 15) is 13.2 Å². The molecule has 24 heavy (non-hydrogen) atoms. The van der Waals surface area contributed by atoms with Crippen LogP contribution in [0.5, 0.6) is 0 Å². The number of methoxy groups -OCH3 is 1. The van der Waals surface area contributed by atoms with Crippen molar-refractivity contribution in [3.63, 3.8) is 0 Å². The molecule has 0 N–H and O–H groups in total. The fourth-order valence-electron chi connectivity index (χ4n) is 3.45. The quantitative estimate of drug-likeness (QED) is 0.381. The predicted octanol–water partition coefficient (Wildman–Crippen LogP) is 5.65. The van der Waals surface area contributed by atoms with Gasteiger partial charge in [0.1, 0.15) is 0 Å². The van der Waals surface area contributed by atoms with E-state index >= 15 is 4.39 Å². The van der Waals surface area contributed by atoms with Gasteiger partial charge in [-0.1, -0.05) is 50.3 Å². The Bertz CT molecular complexity index is 593. The monoisotopic (exact) mass is 364 g/mol. The Morgan fingerprint density at radius 3 is 2.25 bits per heavy atom. The van der Waals surface area contributed by atoms with Crippen LogP contribution in [0.15, 0.2) is 42.0 Å². The molecule has 0 bridgehead atoms. The first-order valence-electron chi connectivity index (χ1n) is 7.75. The molecule has 2 rings (SSSR count). The summed E-state index contributed by atoms with van der Waals surface area (Å²) in [5.41, 5.74) is -4.42. The second-order valence-corrected chi connectivity index (χ2v) is 6.81. The zero-order valence-corrected chi connectivity index (χ0v) is 14.6. The van der Waals surface area contributed by atoms with Gasteiger partial charge in [0, 0.05) is 19.4 Å². The molecule has 0 fully saturated rings. The highest BCUT2D eigenvalue weighted by atomic mass is 35.5. The van der Waals surface area contributed by atoms with Gasteiger partial charge in [-0.05, 0) is 17.1 Å². The van der Waals surface area contributed by atoms with E-state index in [2.05, 4.69) is 0 Å². The Labute approximate surface area is 144 Å². The van der Waals surface area contributed by atoms with E-state index in [1.807, 2.05) is 6.07 Å². The average molecular weight is 365 g/mol. The molecule has 0 amide bonds. The summed E-state index contributed by atoms with van der Waals surface area (Å²) >= 11 is 6.00. The van der Waals surface area contributed by atoms with E-state index in [0.717, 1.165) is 5.56 Å². The first-order valence-corrected chi connectivity index (χ1v) is 8.28. The van der Waals surface area contributed by atoms with Gasteiger partial charge in [-0.3, -0.25) is 0 Å². The largest absolute Gasteiger partial charge is 0.426 e. The average Bonchev–Trinajstić information content (AvgIpc) is 2.53. The topological polar surface area (TPSA) is 9.23 Å². The van der Waals surface area contributed by atoms with Crippen LogP contribution in [0.1, 0.15) is 31.7 Å². The minimum atomic E-state index is -5.03.